The first-order valence-corrected chi connectivity index (χ1v) is 3.75. The molecule has 0 unspecified atom stereocenters. The molecular formula is C7H3ClFN3O. The summed E-state index contributed by atoms with van der Waals surface area (Å²) in [5, 5.41) is 3.61. The second-order valence-electron chi connectivity index (χ2n) is 2.34. The van der Waals surface area contributed by atoms with Crippen LogP contribution in [0.25, 0.3) is 5.65 Å². The molecule has 0 saturated heterocycles. The molecular weight excluding hydrogens is 197 g/mol. The van der Waals surface area contributed by atoms with E-state index in [4.69, 9.17) is 11.6 Å². The van der Waals surface area contributed by atoms with Crippen LogP contribution in [0.15, 0.2) is 12.3 Å². The molecule has 0 atom stereocenters. The van der Waals surface area contributed by atoms with Gasteiger partial charge in [-0.05, 0) is 6.07 Å². The molecule has 0 aliphatic rings. The Kier molecular flexibility index (Phi) is 1.73. The molecule has 0 bridgehead atoms. The van der Waals surface area contributed by atoms with Gasteiger partial charge in [-0.2, -0.15) is 4.39 Å². The molecule has 0 N–H and O–H groups in total. The van der Waals surface area contributed by atoms with E-state index in [0.717, 1.165) is 4.52 Å². The Bertz CT molecular complexity index is 482. The summed E-state index contributed by atoms with van der Waals surface area (Å²) in [4.78, 5) is 14.2. The van der Waals surface area contributed by atoms with Crippen LogP contribution in [0, 0.1) is 5.95 Å². The van der Waals surface area contributed by atoms with Crippen molar-refractivity contribution in [2.75, 3.05) is 0 Å². The fraction of sp³-hybridized carbons (Fsp3) is 0. The molecule has 0 saturated carbocycles. The zero-order valence-corrected chi connectivity index (χ0v) is 6.99. The average molecular weight is 200 g/mol. The Morgan fingerprint density at radius 2 is 2.38 bits per heavy atom. The molecule has 2 aromatic rings. The normalized spacial score (nSPS) is 10.6. The number of aldehydes is 1. The first kappa shape index (κ1) is 8.12. The number of carbonyl (C=O) groups is 1. The van der Waals surface area contributed by atoms with Crippen LogP contribution in [0.1, 0.15) is 10.4 Å². The van der Waals surface area contributed by atoms with Crippen molar-refractivity contribution in [1.29, 1.82) is 0 Å². The highest BCUT2D eigenvalue weighted by atomic mass is 35.5. The summed E-state index contributed by atoms with van der Waals surface area (Å²) >= 11 is 5.57. The van der Waals surface area contributed by atoms with Crippen molar-refractivity contribution in [1.82, 2.24) is 14.6 Å². The summed E-state index contributed by atoms with van der Waals surface area (Å²) in [5.41, 5.74) is -0.0532. The molecule has 13 heavy (non-hydrogen) atoms. The highest BCUT2D eigenvalue weighted by Gasteiger charge is 2.12. The second kappa shape index (κ2) is 2.77. The predicted molar refractivity (Wildman–Crippen MR) is 43.3 cm³/mol. The molecule has 0 aromatic carbocycles. The lowest BCUT2D eigenvalue weighted by molar-refractivity contribution is 0.112. The van der Waals surface area contributed by atoms with Crippen LogP contribution in [0.5, 0.6) is 0 Å². The third-order valence-electron chi connectivity index (χ3n) is 1.56. The van der Waals surface area contributed by atoms with E-state index in [1.165, 1.54) is 12.3 Å². The SMILES string of the molecule is O=Cc1c(F)nn2ccc(Cl)nc12. The number of hydrogen-bond acceptors (Lipinski definition) is 3. The van der Waals surface area contributed by atoms with Crippen molar-refractivity contribution >= 4 is 23.5 Å². The highest BCUT2D eigenvalue weighted by molar-refractivity contribution is 6.29. The maximum atomic E-state index is 12.9. The molecule has 6 heteroatoms. The van der Waals surface area contributed by atoms with Gasteiger partial charge in [-0.1, -0.05) is 11.6 Å². The van der Waals surface area contributed by atoms with Crippen LogP contribution >= 0.6 is 11.6 Å². The number of aromatic nitrogens is 3. The van der Waals surface area contributed by atoms with Crippen molar-refractivity contribution in [3.05, 3.63) is 28.9 Å². The fourth-order valence-electron chi connectivity index (χ4n) is 0.999. The third kappa shape index (κ3) is 1.17. The van der Waals surface area contributed by atoms with E-state index in [-0.39, 0.29) is 16.4 Å². The van der Waals surface area contributed by atoms with Crippen molar-refractivity contribution < 1.29 is 9.18 Å². The summed E-state index contributed by atoms with van der Waals surface area (Å²) in [7, 11) is 0. The largest absolute Gasteiger partial charge is 0.298 e. The van der Waals surface area contributed by atoms with E-state index in [2.05, 4.69) is 10.1 Å². The maximum absolute atomic E-state index is 12.9. The number of rotatable bonds is 1. The van der Waals surface area contributed by atoms with Gasteiger partial charge in [0.1, 0.15) is 10.7 Å². The Morgan fingerprint density at radius 1 is 1.62 bits per heavy atom. The van der Waals surface area contributed by atoms with Gasteiger partial charge in [-0.3, -0.25) is 4.79 Å². The molecule has 0 aliphatic carbocycles. The topological polar surface area (TPSA) is 47.3 Å². The minimum Gasteiger partial charge on any atom is -0.298 e. The number of hydrogen-bond donors (Lipinski definition) is 0. The summed E-state index contributed by atoms with van der Waals surface area (Å²) in [6.45, 7) is 0. The van der Waals surface area contributed by atoms with Crippen molar-refractivity contribution in [2.24, 2.45) is 0 Å². The van der Waals surface area contributed by atoms with Crippen LogP contribution < -0.4 is 0 Å². The van der Waals surface area contributed by atoms with Gasteiger partial charge in [0.2, 0.25) is 5.95 Å². The molecule has 2 heterocycles. The number of nitrogens with zero attached hydrogens (tertiary/aromatic N) is 3. The molecule has 2 rings (SSSR count). The van der Waals surface area contributed by atoms with Crippen LogP contribution in [-0.2, 0) is 0 Å². The first-order chi connectivity index (χ1) is 6.22. The zero-order valence-electron chi connectivity index (χ0n) is 6.24. The van der Waals surface area contributed by atoms with E-state index in [9.17, 15) is 9.18 Å². The van der Waals surface area contributed by atoms with E-state index < -0.39 is 5.95 Å². The third-order valence-corrected chi connectivity index (χ3v) is 1.77. The molecule has 4 nitrogen and oxygen atoms in total. The molecule has 0 radical (unpaired) electrons. The second-order valence-corrected chi connectivity index (χ2v) is 2.73. The molecule has 0 fully saturated rings. The van der Waals surface area contributed by atoms with Gasteiger partial charge in [0.05, 0.1) is 0 Å². The van der Waals surface area contributed by atoms with Gasteiger partial charge >= 0.3 is 0 Å². The Labute approximate surface area is 77.0 Å². The van der Waals surface area contributed by atoms with Gasteiger partial charge < -0.3 is 0 Å². The van der Waals surface area contributed by atoms with E-state index in [1.807, 2.05) is 0 Å². The standard InChI is InChI=1S/C7H3ClFN3O/c8-5-1-2-12-7(10-5)4(3-13)6(9)11-12/h1-3H. The monoisotopic (exact) mass is 199 g/mol. The minimum absolute atomic E-state index is 0.125. The van der Waals surface area contributed by atoms with E-state index in [0.29, 0.717) is 6.29 Å². The fourth-order valence-corrected chi connectivity index (χ4v) is 1.14. The van der Waals surface area contributed by atoms with Crippen LogP contribution in [0.4, 0.5) is 4.39 Å². The number of halogens is 2. The van der Waals surface area contributed by atoms with Gasteiger partial charge in [0.25, 0.3) is 0 Å². The highest BCUT2D eigenvalue weighted by Crippen LogP contribution is 2.12. The average Bonchev–Trinajstić information content (AvgIpc) is 2.40. The Hall–Kier alpha value is -1.49. The zero-order chi connectivity index (χ0) is 9.42. The lowest BCUT2D eigenvalue weighted by Crippen LogP contribution is -1.89. The summed E-state index contributed by atoms with van der Waals surface area (Å²) in [6, 6.07) is 1.45. The van der Waals surface area contributed by atoms with Crippen LogP contribution in [0.3, 0.4) is 0 Å². The smallest absolute Gasteiger partial charge is 0.245 e. The van der Waals surface area contributed by atoms with Gasteiger partial charge in [-0.15, -0.1) is 5.10 Å². The van der Waals surface area contributed by atoms with E-state index >= 15 is 0 Å². The van der Waals surface area contributed by atoms with Gasteiger partial charge in [0, 0.05) is 6.20 Å². The summed E-state index contributed by atoms with van der Waals surface area (Å²) < 4.78 is 14.0. The lowest BCUT2D eigenvalue weighted by Gasteiger charge is -1.91. The van der Waals surface area contributed by atoms with Crippen LogP contribution in [0.2, 0.25) is 5.15 Å². The molecule has 66 valence electrons. The van der Waals surface area contributed by atoms with Gasteiger partial charge in [0.15, 0.2) is 11.9 Å². The predicted octanol–water partition coefficient (Wildman–Crippen LogP) is 1.33. The van der Waals surface area contributed by atoms with Crippen LogP contribution in [-0.4, -0.2) is 20.9 Å². The molecule has 0 spiro atoms. The summed E-state index contributed by atoms with van der Waals surface area (Å²) in [5.74, 6) is -0.843. The lowest BCUT2D eigenvalue weighted by atomic mass is 10.4. The molecule has 2 aromatic heterocycles. The van der Waals surface area contributed by atoms with Gasteiger partial charge in [-0.25, -0.2) is 9.50 Å². The quantitative estimate of drug-likeness (QED) is 0.514. The number of carbonyl (C=O) groups excluding carboxylic acids is 1. The molecule has 0 aliphatic heterocycles. The summed E-state index contributed by atoms with van der Waals surface area (Å²) in [6.07, 6.45) is 1.79. The minimum atomic E-state index is -0.843. The number of fused-ring (bicyclic) bond motifs is 1. The van der Waals surface area contributed by atoms with Crippen molar-refractivity contribution in [3.8, 4) is 0 Å². The Morgan fingerprint density at radius 3 is 3.08 bits per heavy atom. The first-order valence-electron chi connectivity index (χ1n) is 3.38. The Balaban J connectivity index is 2.88. The maximum Gasteiger partial charge on any atom is 0.245 e. The van der Waals surface area contributed by atoms with Crippen molar-refractivity contribution in [2.45, 2.75) is 0 Å². The van der Waals surface area contributed by atoms with E-state index in [1.54, 1.807) is 0 Å². The molecule has 0 amide bonds. The van der Waals surface area contributed by atoms with Crippen molar-refractivity contribution in [3.63, 3.8) is 0 Å².